The molecule has 104 valence electrons. The molecule has 0 radical (unpaired) electrons. The van der Waals surface area contributed by atoms with E-state index in [1.54, 1.807) is 0 Å². The minimum Gasteiger partial charge on any atom is -0.445 e. The molecule has 0 heterocycles. The molecular weight excluding hydrogens is 266 g/mol. The molecule has 1 unspecified atom stereocenters. The topological polar surface area (TPSA) is 55.4 Å². The summed E-state index contributed by atoms with van der Waals surface area (Å²) in [5, 5.41) is 2.66. The van der Waals surface area contributed by atoms with E-state index in [2.05, 4.69) is 5.32 Å². The van der Waals surface area contributed by atoms with Crippen LogP contribution < -0.4 is 5.32 Å². The Labute approximate surface area is 118 Å². The van der Waals surface area contributed by atoms with E-state index < -0.39 is 6.09 Å². The summed E-state index contributed by atoms with van der Waals surface area (Å²) in [5.74, 6) is -0.117. The number of nitrogens with one attached hydrogen (secondary N) is 1. The summed E-state index contributed by atoms with van der Waals surface area (Å²) in [7, 11) is 0. The highest BCUT2D eigenvalue weighted by atomic mass is 35.5. The molecule has 0 aliphatic carbocycles. The number of ketones is 1. The lowest BCUT2D eigenvalue weighted by Gasteiger charge is -2.15. The van der Waals surface area contributed by atoms with Crippen LogP contribution >= 0.6 is 11.6 Å². The second-order valence-corrected chi connectivity index (χ2v) is 4.45. The van der Waals surface area contributed by atoms with E-state index in [-0.39, 0.29) is 30.7 Å². The third-order valence-corrected chi connectivity index (χ3v) is 2.95. The third-order valence-electron chi connectivity index (χ3n) is 2.65. The Morgan fingerprint density at radius 3 is 2.58 bits per heavy atom. The van der Waals surface area contributed by atoms with E-state index in [9.17, 15) is 9.59 Å². The maximum Gasteiger partial charge on any atom is 0.407 e. The fourth-order valence-corrected chi connectivity index (χ4v) is 1.67. The van der Waals surface area contributed by atoms with Crippen molar-refractivity contribution >= 4 is 23.5 Å². The zero-order valence-electron chi connectivity index (χ0n) is 10.9. The molecule has 0 aliphatic rings. The first-order chi connectivity index (χ1) is 9.15. The molecule has 4 nitrogen and oxygen atoms in total. The number of Topliss-reactive ketones (excluding diaryl/α,β-unsaturated/α-hetero) is 1. The Balaban J connectivity index is 2.35. The van der Waals surface area contributed by atoms with Crippen LogP contribution in [-0.4, -0.2) is 23.8 Å². The summed E-state index contributed by atoms with van der Waals surface area (Å²) >= 11 is 5.44. The zero-order valence-corrected chi connectivity index (χ0v) is 11.7. The van der Waals surface area contributed by atoms with Crippen molar-refractivity contribution in [2.24, 2.45) is 0 Å². The van der Waals surface area contributed by atoms with Crippen LogP contribution in [0, 0.1) is 0 Å². The summed E-state index contributed by atoms with van der Waals surface area (Å²) in [6, 6.07) is 9.18. The van der Waals surface area contributed by atoms with E-state index in [1.807, 2.05) is 37.3 Å². The maximum atomic E-state index is 11.6. The second kappa shape index (κ2) is 8.53. The molecule has 0 aromatic heterocycles. The van der Waals surface area contributed by atoms with Crippen molar-refractivity contribution in [3.8, 4) is 0 Å². The predicted molar refractivity (Wildman–Crippen MR) is 74.2 cm³/mol. The first kappa shape index (κ1) is 15.5. The molecule has 1 atom stereocenters. The number of benzene rings is 1. The van der Waals surface area contributed by atoms with Gasteiger partial charge in [0.05, 0.1) is 5.88 Å². The van der Waals surface area contributed by atoms with Gasteiger partial charge in [-0.05, 0) is 12.0 Å². The van der Waals surface area contributed by atoms with Crippen LogP contribution in [0.5, 0.6) is 0 Å². The molecular formula is C14H18ClNO3. The van der Waals surface area contributed by atoms with Crippen LogP contribution in [0.3, 0.4) is 0 Å². The van der Waals surface area contributed by atoms with Gasteiger partial charge in [0, 0.05) is 12.5 Å². The largest absolute Gasteiger partial charge is 0.445 e. The van der Waals surface area contributed by atoms with E-state index in [0.717, 1.165) is 5.56 Å². The highest BCUT2D eigenvalue weighted by Gasteiger charge is 2.14. The van der Waals surface area contributed by atoms with Gasteiger partial charge in [-0.3, -0.25) is 4.79 Å². The fraction of sp³-hybridized carbons (Fsp3) is 0.429. The average Bonchev–Trinajstić information content (AvgIpc) is 2.45. The Hall–Kier alpha value is -1.55. The number of rotatable bonds is 7. The van der Waals surface area contributed by atoms with Crippen LogP contribution in [-0.2, 0) is 16.1 Å². The van der Waals surface area contributed by atoms with Crippen LogP contribution in [0.25, 0.3) is 0 Å². The van der Waals surface area contributed by atoms with Gasteiger partial charge in [0.15, 0.2) is 0 Å². The Morgan fingerprint density at radius 1 is 1.32 bits per heavy atom. The zero-order chi connectivity index (χ0) is 14.1. The van der Waals surface area contributed by atoms with Crippen molar-refractivity contribution in [2.45, 2.75) is 32.4 Å². The van der Waals surface area contributed by atoms with E-state index in [1.165, 1.54) is 0 Å². The lowest BCUT2D eigenvalue weighted by atomic mass is 10.1. The summed E-state index contributed by atoms with van der Waals surface area (Å²) in [6.45, 7) is 2.11. The number of hydrogen-bond acceptors (Lipinski definition) is 3. The van der Waals surface area contributed by atoms with Crippen molar-refractivity contribution in [3.05, 3.63) is 35.9 Å². The SMILES string of the molecule is CCC(CC(=O)CCl)NC(=O)OCc1ccccc1. The first-order valence-electron chi connectivity index (χ1n) is 6.20. The number of amides is 1. The highest BCUT2D eigenvalue weighted by Crippen LogP contribution is 2.03. The number of ether oxygens (including phenoxy) is 1. The van der Waals surface area contributed by atoms with E-state index >= 15 is 0 Å². The van der Waals surface area contributed by atoms with E-state index in [0.29, 0.717) is 6.42 Å². The molecule has 19 heavy (non-hydrogen) atoms. The van der Waals surface area contributed by atoms with Gasteiger partial charge < -0.3 is 10.1 Å². The number of alkyl carbamates (subject to hydrolysis) is 1. The van der Waals surface area contributed by atoms with Crippen molar-refractivity contribution in [1.82, 2.24) is 5.32 Å². The minimum absolute atomic E-state index is 0.0305. The van der Waals surface area contributed by atoms with Gasteiger partial charge in [0.25, 0.3) is 0 Å². The molecule has 1 aromatic carbocycles. The van der Waals surface area contributed by atoms with Gasteiger partial charge in [-0.2, -0.15) is 0 Å². The van der Waals surface area contributed by atoms with Gasteiger partial charge >= 0.3 is 6.09 Å². The number of alkyl halides is 1. The standard InChI is InChI=1S/C14H18ClNO3/c1-2-12(8-13(17)9-15)16-14(18)19-10-11-6-4-3-5-7-11/h3-7,12H,2,8-10H2,1H3,(H,16,18). The van der Waals surface area contributed by atoms with Crippen molar-refractivity contribution in [3.63, 3.8) is 0 Å². The Morgan fingerprint density at radius 2 is 2.00 bits per heavy atom. The van der Waals surface area contributed by atoms with Gasteiger partial charge in [-0.1, -0.05) is 37.3 Å². The lowest BCUT2D eigenvalue weighted by molar-refractivity contribution is -0.117. The smallest absolute Gasteiger partial charge is 0.407 e. The second-order valence-electron chi connectivity index (χ2n) is 4.19. The van der Waals surface area contributed by atoms with Crippen molar-refractivity contribution < 1.29 is 14.3 Å². The molecule has 0 bridgehead atoms. The molecule has 1 amide bonds. The number of hydrogen-bond donors (Lipinski definition) is 1. The van der Waals surface area contributed by atoms with Gasteiger partial charge in [-0.15, -0.1) is 11.6 Å². The third kappa shape index (κ3) is 6.25. The molecule has 1 N–H and O–H groups in total. The molecule has 0 fully saturated rings. The van der Waals surface area contributed by atoms with Gasteiger partial charge in [-0.25, -0.2) is 4.79 Å². The first-order valence-corrected chi connectivity index (χ1v) is 6.74. The maximum absolute atomic E-state index is 11.6. The molecule has 0 aliphatic heterocycles. The normalized spacial score (nSPS) is 11.7. The van der Waals surface area contributed by atoms with Crippen molar-refractivity contribution in [1.29, 1.82) is 0 Å². The summed E-state index contributed by atoms with van der Waals surface area (Å²) in [6.07, 6.45) is 0.377. The summed E-state index contributed by atoms with van der Waals surface area (Å²) in [5.41, 5.74) is 0.919. The minimum atomic E-state index is -0.516. The Bertz CT molecular complexity index is 408. The quantitative estimate of drug-likeness (QED) is 0.783. The number of carbonyl (C=O) groups excluding carboxylic acids is 2. The summed E-state index contributed by atoms with van der Waals surface area (Å²) in [4.78, 5) is 22.8. The van der Waals surface area contributed by atoms with E-state index in [4.69, 9.17) is 16.3 Å². The van der Waals surface area contributed by atoms with Crippen LogP contribution in [0.15, 0.2) is 30.3 Å². The fourth-order valence-electron chi connectivity index (χ4n) is 1.56. The van der Waals surface area contributed by atoms with Crippen LogP contribution in [0.2, 0.25) is 0 Å². The Kier molecular flexibility index (Phi) is 6.97. The molecule has 0 saturated heterocycles. The van der Waals surface area contributed by atoms with Crippen LogP contribution in [0.1, 0.15) is 25.3 Å². The molecule has 0 spiro atoms. The average molecular weight is 284 g/mol. The predicted octanol–water partition coefficient (Wildman–Crippen LogP) is 2.89. The van der Waals surface area contributed by atoms with Crippen LogP contribution in [0.4, 0.5) is 4.79 Å². The molecule has 1 rings (SSSR count). The van der Waals surface area contributed by atoms with Gasteiger partial charge in [0.1, 0.15) is 12.4 Å². The monoisotopic (exact) mass is 283 g/mol. The molecule has 1 aromatic rings. The van der Waals surface area contributed by atoms with Gasteiger partial charge in [0.2, 0.25) is 0 Å². The number of carbonyl (C=O) groups is 2. The highest BCUT2D eigenvalue weighted by molar-refractivity contribution is 6.27. The lowest BCUT2D eigenvalue weighted by Crippen LogP contribution is -2.36. The van der Waals surface area contributed by atoms with Crippen molar-refractivity contribution in [2.75, 3.05) is 5.88 Å². The molecule has 0 saturated carbocycles. The number of halogens is 1. The summed E-state index contributed by atoms with van der Waals surface area (Å²) < 4.78 is 5.08. The molecule has 5 heteroatoms.